The molecule has 0 amide bonds. The Bertz CT molecular complexity index is 218. The predicted octanol–water partition coefficient (Wildman–Crippen LogP) is 2.68. The normalized spacial score (nSPS) is 39.3. The van der Waals surface area contributed by atoms with E-state index >= 15 is 0 Å². The lowest BCUT2D eigenvalue weighted by molar-refractivity contribution is -0.139. The van der Waals surface area contributed by atoms with Gasteiger partial charge in [-0.25, -0.2) is 0 Å². The van der Waals surface area contributed by atoms with Gasteiger partial charge in [-0.15, -0.1) is 0 Å². The van der Waals surface area contributed by atoms with Crippen LogP contribution in [0.25, 0.3) is 0 Å². The molecule has 2 aliphatic rings. The van der Waals surface area contributed by atoms with E-state index in [4.69, 9.17) is 5.11 Å². The van der Waals surface area contributed by atoms with Gasteiger partial charge < -0.3 is 5.11 Å². The predicted molar refractivity (Wildman–Crippen MR) is 50.4 cm³/mol. The van der Waals surface area contributed by atoms with Crippen molar-refractivity contribution in [2.24, 2.45) is 17.3 Å². The average Bonchev–Trinajstić information content (AvgIpc) is 2.62. The van der Waals surface area contributed by atoms with Gasteiger partial charge in [0.1, 0.15) is 0 Å². The van der Waals surface area contributed by atoms with Crippen LogP contribution in [0, 0.1) is 17.3 Å². The maximum atomic E-state index is 10.9. The van der Waals surface area contributed by atoms with Crippen LogP contribution in [-0.2, 0) is 4.79 Å². The van der Waals surface area contributed by atoms with Crippen molar-refractivity contribution in [3.8, 4) is 0 Å². The van der Waals surface area contributed by atoms with E-state index in [2.05, 4.69) is 6.92 Å². The summed E-state index contributed by atoms with van der Waals surface area (Å²) in [6.45, 7) is 2.15. The Labute approximate surface area is 79.3 Å². The summed E-state index contributed by atoms with van der Waals surface area (Å²) in [6.07, 6.45) is 7.20. The third-order valence-electron chi connectivity index (χ3n) is 4.24. The maximum absolute atomic E-state index is 10.9. The summed E-state index contributed by atoms with van der Waals surface area (Å²) in [5.41, 5.74) is 0.211. The number of rotatable bonds is 3. The van der Waals surface area contributed by atoms with Crippen molar-refractivity contribution >= 4 is 5.97 Å². The van der Waals surface area contributed by atoms with E-state index < -0.39 is 5.97 Å². The molecular weight excluding hydrogens is 164 g/mol. The molecule has 2 rings (SSSR count). The molecule has 0 aromatic carbocycles. The van der Waals surface area contributed by atoms with Gasteiger partial charge in [0.05, 0.1) is 5.92 Å². The zero-order chi connectivity index (χ0) is 9.47. The molecule has 1 N–H and O–H groups in total. The molecule has 2 unspecified atom stereocenters. The zero-order valence-electron chi connectivity index (χ0n) is 8.25. The minimum Gasteiger partial charge on any atom is -0.481 e. The SMILES string of the molecule is CCC1(C2CCCC2)CC1C(=O)O. The molecule has 2 saturated carbocycles. The van der Waals surface area contributed by atoms with Gasteiger partial charge in [0.15, 0.2) is 0 Å². The zero-order valence-corrected chi connectivity index (χ0v) is 8.25. The van der Waals surface area contributed by atoms with E-state index in [0.29, 0.717) is 0 Å². The smallest absolute Gasteiger partial charge is 0.307 e. The highest BCUT2D eigenvalue weighted by atomic mass is 16.4. The lowest BCUT2D eigenvalue weighted by atomic mass is 9.83. The molecule has 2 heteroatoms. The number of carbonyl (C=O) groups is 1. The molecule has 0 aromatic heterocycles. The van der Waals surface area contributed by atoms with Gasteiger partial charge in [0, 0.05) is 0 Å². The van der Waals surface area contributed by atoms with Crippen LogP contribution in [-0.4, -0.2) is 11.1 Å². The van der Waals surface area contributed by atoms with E-state index in [9.17, 15) is 4.79 Å². The van der Waals surface area contributed by atoms with Crippen LogP contribution in [0.1, 0.15) is 45.4 Å². The summed E-state index contributed by atoms with van der Waals surface area (Å²) in [5.74, 6) is 0.146. The Balaban J connectivity index is 2.06. The van der Waals surface area contributed by atoms with Crippen molar-refractivity contribution in [1.82, 2.24) is 0 Å². The largest absolute Gasteiger partial charge is 0.481 e. The number of carboxylic acid groups (broad SMARTS) is 1. The molecule has 13 heavy (non-hydrogen) atoms. The van der Waals surface area contributed by atoms with E-state index in [0.717, 1.165) is 18.8 Å². The fourth-order valence-electron chi connectivity index (χ4n) is 3.29. The second-order valence-electron chi connectivity index (χ2n) is 4.66. The van der Waals surface area contributed by atoms with Crippen molar-refractivity contribution in [3.63, 3.8) is 0 Å². The van der Waals surface area contributed by atoms with Crippen LogP contribution in [0.15, 0.2) is 0 Å². The molecular formula is C11H18O2. The molecule has 0 aromatic rings. The monoisotopic (exact) mass is 182 g/mol. The van der Waals surface area contributed by atoms with Crippen molar-refractivity contribution < 1.29 is 9.90 Å². The van der Waals surface area contributed by atoms with Crippen LogP contribution in [0.4, 0.5) is 0 Å². The van der Waals surface area contributed by atoms with E-state index in [1.807, 2.05) is 0 Å². The van der Waals surface area contributed by atoms with Crippen LogP contribution >= 0.6 is 0 Å². The van der Waals surface area contributed by atoms with Crippen LogP contribution in [0.5, 0.6) is 0 Å². The first-order valence-electron chi connectivity index (χ1n) is 5.43. The van der Waals surface area contributed by atoms with Gasteiger partial charge >= 0.3 is 5.97 Å². The first-order valence-corrected chi connectivity index (χ1v) is 5.43. The van der Waals surface area contributed by atoms with Crippen LogP contribution < -0.4 is 0 Å². The third-order valence-corrected chi connectivity index (χ3v) is 4.24. The van der Waals surface area contributed by atoms with Crippen molar-refractivity contribution in [2.45, 2.75) is 45.4 Å². The van der Waals surface area contributed by atoms with Gasteiger partial charge in [-0.1, -0.05) is 19.8 Å². The summed E-state index contributed by atoms with van der Waals surface area (Å²) in [5, 5.41) is 8.98. The molecule has 2 nitrogen and oxygen atoms in total. The second-order valence-corrected chi connectivity index (χ2v) is 4.66. The first-order chi connectivity index (χ1) is 6.20. The lowest BCUT2D eigenvalue weighted by Crippen LogP contribution is -2.18. The Kier molecular flexibility index (Phi) is 2.09. The summed E-state index contributed by atoms with van der Waals surface area (Å²) in [4.78, 5) is 10.9. The third kappa shape index (κ3) is 1.27. The maximum Gasteiger partial charge on any atom is 0.307 e. The topological polar surface area (TPSA) is 37.3 Å². The van der Waals surface area contributed by atoms with Crippen molar-refractivity contribution in [2.75, 3.05) is 0 Å². The molecule has 0 spiro atoms. The Morgan fingerprint density at radius 3 is 2.46 bits per heavy atom. The summed E-state index contributed by atoms with van der Waals surface area (Å²) < 4.78 is 0. The molecule has 0 saturated heterocycles. The summed E-state index contributed by atoms with van der Waals surface area (Å²) >= 11 is 0. The van der Waals surface area contributed by atoms with E-state index in [1.54, 1.807) is 0 Å². The highest BCUT2D eigenvalue weighted by Crippen LogP contribution is 2.63. The summed E-state index contributed by atoms with van der Waals surface area (Å²) in [6, 6.07) is 0. The molecule has 2 fully saturated rings. The highest BCUT2D eigenvalue weighted by Gasteiger charge is 2.61. The first kappa shape index (κ1) is 9.04. The number of hydrogen-bond acceptors (Lipinski definition) is 1. The van der Waals surface area contributed by atoms with Crippen molar-refractivity contribution in [1.29, 1.82) is 0 Å². The number of hydrogen-bond donors (Lipinski definition) is 1. The molecule has 0 radical (unpaired) electrons. The molecule has 2 atom stereocenters. The number of aliphatic carboxylic acids is 1. The fraction of sp³-hybridized carbons (Fsp3) is 0.909. The van der Waals surface area contributed by atoms with Gasteiger partial charge in [-0.2, -0.15) is 0 Å². The minimum atomic E-state index is -0.561. The Morgan fingerprint density at radius 2 is 2.08 bits per heavy atom. The van der Waals surface area contributed by atoms with Gasteiger partial charge in [0.2, 0.25) is 0 Å². The molecule has 0 bridgehead atoms. The Hall–Kier alpha value is -0.530. The molecule has 2 aliphatic carbocycles. The molecule has 74 valence electrons. The van der Waals surface area contributed by atoms with E-state index in [-0.39, 0.29) is 11.3 Å². The quantitative estimate of drug-likeness (QED) is 0.728. The van der Waals surface area contributed by atoms with Gasteiger partial charge in [-0.3, -0.25) is 4.79 Å². The standard InChI is InChI=1S/C11H18O2/c1-2-11(7-9(11)10(12)13)8-5-3-4-6-8/h8-9H,2-7H2,1H3,(H,12,13). The summed E-state index contributed by atoms with van der Waals surface area (Å²) in [7, 11) is 0. The van der Waals surface area contributed by atoms with Gasteiger partial charge in [0.25, 0.3) is 0 Å². The minimum absolute atomic E-state index is 0.0133. The van der Waals surface area contributed by atoms with Crippen LogP contribution in [0.3, 0.4) is 0 Å². The second kappa shape index (κ2) is 3.00. The average molecular weight is 182 g/mol. The van der Waals surface area contributed by atoms with Crippen LogP contribution in [0.2, 0.25) is 0 Å². The van der Waals surface area contributed by atoms with E-state index in [1.165, 1.54) is 25.7 Å². The van der Waals surface area contributed by atoms with Crippen molar-refractivity contribution in [3.05, 3.63) is 0 Å². The van der Waals surface area contributed by atoms with Gasteiger partial charge in [-0.05, 0) is 37.0 Å². The number of carboxylic acids is 1. The molecule has 0 heterocycles. The highest BCUT2D eigenvalue weighted by molar-refractivity contribution is 5.74. The fourth-order valence-corrected chi connectivity index (χ4v) is 3.29. The lowest BCUT2D eigenvalue weighted by Gasteiger charge is -2.21. The molecule has 0 aliphatic heterocycles. The Morgan fingerprint density at radius 1 is 1.46 bits per heavy atom.